The van der Waals surface area contributed by atoms with Crippen LogP contribution in [0.4, 0.5) is 5.69 Å². The third-order valence-electron chi connectivity index (χ3n) is 2.42. The number of nitrogens with zero attached hydrogens (tertiary/aromatic N) is 1. The van der Waals surface area contributed by atoms with Gasteiger partial charge in [0.15, 0.2) is 5.69 Å². The van der Waals surface area contributed by atoms with Crippen LogP contribution < -0.4 is 10.6 Å². The Morgan fingerprint density at radius 1 is 1.37 bits per heavy atom. The van der Waals surface area contributed by atoms with Gasteiger partial charge in [-0.2, -0.15) is 0 Å². The Bertz CT molecular complexity index is 569. The number of nitrogens with one attached hydrogen (secondary N) is 2. The summed E-state index contributed by atoms with van der Waals surface area (Å²) in [6, 6.07) is 9.45. The smallest absolute Gasteiger partial charge is 0.273 e. The Morgan fingerprint density at radius 2 is 2.21 bits per heavy atom. The van der Waals surface area contributed by atoms with Crippen molar-refractivity contribution in [3.63, 3.8) is 0 Å². The number of anilines is 1. The van der Waals surface area contributed by atoms with Crippen LogP contribution in [0.25, 0.3) is 0 Å². The van der Waals surface area contributed by atoms with E-state index >= 15 is 0 Å². The molecule has 5 nitrogen and oxygen atoms in total. The highest BCUT2D eigenvalue weighted by molar-refractivity contribution is 9.10. The van der Waals surface area contributed by atoms with Crippen molar-refractivity contribution in [1.29, 1.82) is 0 Å². The highest BCUT2D eigenvalue weighted by atomic mass is 79.9. The third-order valence-corrected chi connectivity index (χ3v) is 2.92. The first-order valence-electron chi connectivity index (χ1n) is 5.86. The Kier molecular flexibility index (Phi) is 4.57. The zero-order chi connectivity index (χ0) is 13.7. The lowest BCUT2D eigenvalue weighted by atomic mass is 10.3. The SMILES string of the molecule is Cc1cc(C(=O)NCCNc2cccc(Br)c2)no1. The number of hydrogen-bond donors (Lipinski definition) is 2. The van der Waals surface area contributed by atoms with Gasteiger partial charge in [-0.05, 0) is 25.1 Å². The molecule has 0 aliphatic carbocycles. The molecule has 0 aliphatic heterocycles. The van der Waals surface area contributed by atoms with Crippen LogP contribution in [0.2, 0.25) is 0 Å². The highest BCUT2D eigenvalue weighted by Gasteiger charge is 2.09. The average Bonchev–Trinajstić information content (AvgIpc) is 2.81. The van der Waals surface area contributed by atoms with E-state index in [1.807, 2.05) is 24.3 Å². The van der Waals surface area contributed by atoms with Gasteiger partial charge in [-0.25, -0.2) is 0 Å². The first-order valence-corrected chi connectivity index (χ1v) is 6.65. The van der Waals surface area contributed by atoms with Gasteiger partial charge in [-0.15, -0.1) is 0 Å². The highest BCUT2D eigenvalue weighted by Crippen LogP contribution is 2.14. The van der Waals surface area contributed by atoms with Crippen molar-refractivity contribution < 1.29 is 9.32 Å². The molecule has 100 valence electrons. The summed E-state index contributed by atoms with van der Waals surface area (Å²) in [5, 5.41) is 9.62. The number of carbonyl (C=O) groups excluding carboxylic acids is 1. The van der Waals surface area contributed by atoms with Crippen molar-refractivity contribution >= 4 is 27.5 Å². The van der Waals surface area contributed by atoms with Gasteiger partial charge in [0, 0.05) is 29.3 Å². The summed E-state index contributed by atoms with van der Waals surface area (Å²) in [6.07, 6.45) is 0. The van der Waals surface area contributed by atoms with Crippen LogP contribution in [0.15, 0.2) is 39.3 Å². The number of aromatic nitrogens is 1. The van der Waals surface area contributed by atoms with Gasteiger partial charge in [0.2, 0.25) is 0 Å². The third kappa shape index (κ3) is 4.10. The van der Waals surface area contributed by atoms with Crippen LogP contribution in [0.3, 0.4) is 0 Å². The Morgan fingerprint density at radius 3 is 2.89 bits per heavy atom. The van der Waals surface area contributed by atoms with Gasteiger partial charge in [0.25, 0.3) is 5.91 Å². The van der Waals surface area contributed by atoms with Gasteiger partial charge in [0.05, 0.1) is 0 Å². The number of aryl methyl sites for hydroxylation is 1. The average molecular weight is 324 g/mol. The van der Waals surface area contributed by atoms with E-state index in [0.29, 0.717) is 24.5 Å². The molecule has 0 bridgehead atoms. The molecule has 0 fully saturated rings. The molecule has 1 heterocycles. The van der Waals surface area contributed by atoms with E-state index in [4.69, 9.17) is 4.52 Å². The molecule has 0 saturated heterocycles. The molecule has 2 aromatic rings. The zero-order valence-corrected chi connectivity index (χ0v) is 12.0. The maximum atomic E-state index is 11.7. The Hall–Kier alpha value is -1.82. The second kappa shape index (κ2) is 6.38. The number of rotatable bonds is 5. The van der Waals surface area contributed by atoms with Crippen LogP contribution in [-0.4, -0.2) is 24.2 Å². The number of carbonyl (C=O) groups is 1. The van der Waals surface area contributed by atoms with Crippen LogP contribution in [0.1, 0.15) is 16.2 Å². The predicted molar refractivity (Wildman–Crippen MR) is 76.2 cm³/mol. The van der Waals surface area contributed by atoms with Crippen LogP contribution in [0.5, 0.6) is 0 Å². The number of halogens is 1. The summed E-state index contributed by atoms with van der Waals surface area (Å²) in [7, 11) is 0. The molecular formula is C13H14BrN3O2. The molecule has 0 spiro atoms. The molecule has 1 amide bonds. The fraction of sp³-hybridized carbons (Fsp3) is 0.231. The summed E-state index contributed by atoms with van der Waals surface area (Å²) in [6.45, 7) is 2.90. The van der Waals surface area contributed by atoms with Crippen molar-refractivity contribution in [3.8, 4) is 0 Å². The van der Waals surface area contributed by atoms with E-state index in [-0.39, 0.29) is 5.91 Å². The Balaban J connectivity index is 1.74. The van der Waals surface area contributed by atoms with Crippen LogP contribution in [0, 0.1) is 6.92 Å². The molecule has 0 atom stereocenters. The fourth-order valence-electron chi connectivity index (χ4n) is 1.55. The monoisotopic (exact) mass is 323 g/mol. The van der Waals surface area contributed by atoms with E-state index in [0.717, 1.165) is 10.2 Å². The summed E-state index contributed by atoms with van der Waals surface area (Å²) < 4.78 is 5.86. The van der Waals surface area contributed by atoms with Gasteiger partial charge in [-0.3, -0.25) is 4.79 Å². The van der Waals surface area contributed by atoms with E-state index < -0.39 is 0 Å². The summed E-state index contributed by atoms with van der Waals surface area (Å²) in [5.41, 5.74) is 1.31. The molecule has 19 heavy (non-hydrogen) atoms. The summed E-state index contributed by atoms with van der Waals surface area (Å²) in [4.78, 5) is 11.7. The molecule has 2 rings (SSSR count). The minimum absolute atomic E-state index is 0.229. The topological polar surface area (TPSA) is 67.2 Å². The van der Waals surface area contributed by atoms with Gasteiger partial charge < -0.3 is 15.2 Å². The summed E-state index contributed by atoms with van der Waals surface area (Å²) >= 11 is 3.40. The van der Waals surface area contributed by atoms with Crippen LogP contribution >= 0.6 is 15.9 Å². The van der Waals surface area contributed by atoms with Crippen molar-refractivity contribution in [2.24, 2.45) is 0 Å². The minimum atomic E-state index is -0.229. The molecule has 0 saturated carbocycles. The molecular weight excluding hydrogens is 310 g/mol. The summed E-state index contributed by atoms with van der Waals surface area (Å²) in [5.74, 6) is 0.394. The molecule has 0 aliphatic rings. The lowest BCUT2D eigenvalue weighted by molar-refractivity contribution is 0.0946. The zero-order valence-electron chi connectivity index (χ0n) is 10.4. The van der Waals surface area contributed by atoms with Crippen molar-refractivity contribution in [3.05, 3.63) is 46.3 Å². The largest absolute Gasteiger partial charge is 0.383 e. The first-order chi connectivity index (χ1) is 9.15. The normalized spacial score (nSPS) is 10.2. The van der Waals surface area contributed by atoms with Crippen molar-refractivity contribution in [2.45, 2.75) is 6.92 Å². The minimum Gasteiger partial charge on any atom is -0.383 e. The molecule has 0 unspecified atom stereocenters. The van der Waals surface area contributed by atoms with Crippen LogP contribution in [-0.2, 0) is 0 Å². The lowest BCUT2D eigenvalue weighted by Gasteiger charge is -2.07. The second-order valence-electron chi connectivity index (χ2n) is 4.02. The van der Waals surface area contributed by atoms with E-state index in [9.17, 15) is 4.79 Å². The number of amides is 1. The van der Waals surface area contributed by atoms with Gasteiger partial charge in [-0.1, -0.05) is 27.2 Å². The molecule has 1 aromatic heterocycles. The van der Waals surface area contributed by atoms with E-state index in [1.165, 1.54) is 0 Å². The number of benzene rings is 1. The maximum Gasteiger partial charge on any atom is 0.273 e. The molecule has 6 heteroatoms. The van der Waals surface area contributed by atoms with E-state index in [1.54, 1.807) is 13.0 Å². The van der Waals surface area contributed by atoms with Gasteiger partial charge >= 0.3 is 0 Å². The second-order valence-corrected chi connectivity index (χ2v) is 4.93. The fourth-order valence-corrected chi connectivity index (χ4v) is 1.94. The molecule has 1 aromatic carbocycles. The molecule has 0 radical (unpaired) electrons. The first kappa shape index (κ1) is 13.6. The maximum absolute atomic E-state index is 11.7. The van der Waals surface area contributed by atoms with Crippen molar-refractivity contribution in [1.82, 2.24) is 10.5 Å². The molecule has 2 N–H and O–H groups in total. The predicted octanol–water partition coefficient (Wildman–Crippen LogP) is 2.59. The van der Waals surface area contributed by atoms with E-state index in [2.05, 4.69) is 31.7 Å². The van der Waals surface area contributed by atoms with Crippen molar-refractivity contribution in [2.75, 3.05) is 18.4 Å². The Labute approximate surface area is 119 Å². The van der Waals surface area contributed by atoms with Gasteiger partial charge in [0.1, 0.15) is 5.76 Å². The standard InChI is InChI=1S/C13H14BrN3O2/c1-9-7-12(17-19-9)13(18)16-6-5-15-11-4-2-3-10(14)8-11/h2-4,7-8,15H,5-6H2,1H3,(H,16,18). The number of hydrogen-bond acceptors (Lipinski definition) is 4. The lowest BCUT2D eigenvalue weighted by Crippen LogP contribution is -2.28. The quantitative estimate of drug-likeness (QED) is 0.830.